The summed E-state index contributed by atoms with van der Waals surface area (Å²) < 4.78 is 0.935. The molecule has 0 saturated carbocycles. The van der Waals surface area contributed by atoms with Crippen molar-refractivity contribution in [3.05, 3.63) is 74.4 Å². The maximum Gasteiger partial charge on any atom is 0.271 e. The van der Waals surface area contributed by atoms with E-state index in [-0.39, 0.29) is 11.3 Å². The average Bonchev–Trinajstić information content (AvgIpc) is 2.97. The number of H-pyrrole nitrogens is 1. The van der Waals surface area contributed by atoms with Crippen LogP contribution in [0.25, 0.3) is 10.9 Å². The molecule has 1 aromatic heterocycles. The first-order valence-electron chi connectivity index (χ1n) is 6.89. The van der Waals surface area contributed by atoms with Gasteiger partial charge in [-0.2, -0.15) is 5.10 Å². The van der Waals surface area contributed by atoms with Crippen LogP contribution in [-0.2, 0) is 0 Å². The van der Waals surface area contributed by atoms with Gasteiger partial charge < -0.3 is 4.98 Å². The highest BCUT2D eigenvalue weighted by Crippen LogP contribution is 2.21. The minimum absolute atomic E-state index is 0.145. The number of nitrogens with one attached hydrogen (secondary N) is 2. The fourth-order valence-electron chi connectivity index (χ4n) is 2.21. The highest BCUT2D eigenvalue weighted by Gasteiger charge is 2.10. The topological polar surface area (TPSA) is 100 Å². The standard InChI is InChI=1S/C16H11BrN4O3/c17-12-4-5-15-14(7-12)11(8-18-15)9-19-20-16(22)10-2-1-3-13(6-10)21(23)24/h1-9,18H,(H,20,22)/b19-9+. The molecule has 0 unspecified atom stereocenters. The van der Waals surface area contributed by atoms with Crippen LogP contribution in [0.1, 0.15) is 15.9 Å². The summed E-state index contributed by atoms with van der Waals surface area (Å²) in [6.07, 6.45) is 3.29. The number of non-ortho nitro benzene ring substituents is 1. The van der Waals surface area contributed by atoms with Crippen molar-refractivity contribution >= 4 is 44.6 Å². The Morgan fingerprint density at radius 3 is 2.92 bits per heavy atom. The summed E-state index contributed by atoms with van der Waals surface area (Å²) in [6.45, 7) is 0. The van der Waals surface area contributed by atoms with Gasteiger partial charge in [-0.3, -0.25) is 14.9 Å². The van der Waals surface area contributed by atoms with Crippen LogP contribution in [0.5, 0.6) is 0 Å². The van der Waals surface area contributed by atoms with Crippen LogP contribution in [0.3, 0.4) is 0 Å². The van der Waals surface area contributed by atoms with Crippen LogP contribution < -0.4 is 5.43 Å². The minimum atomic E-state index is -0.552. The average molecular weight is 387 g/mol. The SMILES string of the molecule is O=C(N/N=C/c1c[nH]c2ccc(Br)cc12)c1cccc([N+](=O)[O-])c1. The number of hydrazone groups is 1. The van der Waals surface area contributed by atoms with E-state index in [9.17, 15) is 14.9 Å². The van der Waals surface area contributed by atoms with E-state index in [1.165, 1.54) is 30.5 Å². The molecule has 1 heterocycles. The number of halogens is 1. The second-order valence-corrected chi connectivity index (χ2v) is 5.86. The van der Waals surface area contributed by atoms with E-state index >= 15 is 0 Å². The fraction of sp³-hybridized carbons (Fsp3) is 0. The van der Waals surface area contributed by atoms with E-state index in [1.54, 1.807) is 6.20 Å². The van der Waals surface area contributed by atoms with Crippen LogP contribution in [0, 0.1) is 10.1 Å². The zero-order valence-electron chi connectivity index (χ0n) is 12.2. The van der Waals surface area contributed by atoms with Gasteiger partial charge in [-0.1, -0.05) is 22.0 Å². The van der Waals surface area contributed by atoms with E-state index in [1.807, 2.05) is 18.2 Å². The molecule has 120 valence electrons. The lowest BCUT2D eigenvalue weighted by Gasteiger charge is -1.99. The molecule has 0 fully saturated rings. The van der Waals surface area contributed by atoms with Gasteiger partial charge in [0.1, 0.15) is 0 Å². The lowest BCUT2D eigenvalue weighted by Crippen LogP contribution is -2.17. The van der Waals surface area contributed by atoms with E-state index in [0.717, 1.165) is 20.9 Å². The molecular weight excluding hydrogens is 376 g/mol. The molecule has 0 radical (unpaired) electrons. The number of fused-ring (bicyclic) bond motifs is 1. The smallest absolute Gasteiger partial charge is 0.271 e. The maximum absolute atomic E-state index is 12.0. The normalized spacial score (nSPS) is 11.0. The lowest BCUT2D eigenvalue weighted by molar-refractivity contribution is -0.384. The van der Waals surface area contributed by atoms with Crippen molar-refractivity contribution in [2.45, 2.75) is 0 Å². The first-order chi connectivity index (χ1) is 11.5. The number of nitro groups is 1. The Labute approximate surface area is 144 Å². The van der Waals surface area contributed by atoms with Crippen LogP contribution in [0.4, 0.5) is 5.69 Å². The third kappa shape index (κ3) is 3.33. The third-order valence-electron chi connectivity index (χ3n) is 3.36. The van der Waals surface area contributed by atoms with Gasteiger partial charge in [-0.15, -0.1) is 0 Å². The largest absolute Gasteiger partial charge is 0.361 e. The molecule has 0 aliphatic rings. The Bertz CT molecular complexity index is 965. The predicted octanol–water partition coefficient (Wildman–Crippen LogP) is 3.60. The zero-order chi connectivity index (χ0) is 17.1. The molecule has 0 spiro atoms. The van der Waals surface area contributed by atoms with Gasteiger partial charge in [0.05, 0.1) is 11.1 Å². The Hall–Kier alpha value is -3.00. The molecule has 7 nitrogen and oxygen atoms in total. The summed E-state index contributed by atoms with van der Waals surface area (Å²) in [5.74, 6) is -0.518. The van der Waals surface area contributed by atoms with Crippen LogP contribution in [-0.4, -0.2) is 22.0 Å². The van der Waals surface area contributed by atoms with Crippen molar-refractivity contribution in [3.8, 4) is 0 Å². The first kappa shape index (κ1) is 15.9. The second-order valence-electron chi connectivity index (χ2n) is 4.94. The molecule has 3 aromatic rings. The van der Waals surface area contributed by atoms with Gasteiger partial charge in [0.2, 0.25) is 0 Å². The molecule has 24 heavy (non-hydrogen) atoms. The van der Waals surface area contributed by atoms with Crippen LogP contribution in [0.2, 0.25) is 0 Å². The Balaban J connectivity index is 1.75. The monoisotopic (exact) mass is 386 g/mol. The van der Waals surface area contributed by atoms with Gasteiger partial charge >= 0.3 is 0 Å². The van der Waals surface area contributed by atoms with Crippen molar-refractivity contribution in [3.63, 3.8) is 0 Å². The van der Waals surface area contributed by atoms with Gasteiger partial charge in [0, 0.05) is 44.8 Å². The number of carbonyl (C=O) groups excluding carboxylic acids is 1. The summed E-state index contributed by atoms with van der Waals surface area (Å²) in [4.78, 5) is 25.3. The van der Waals surface area contributed by atoms with Gasteiger partial charge in [-0.25, -0.2) is 5.43 Å². The van der Waals surface area contributed by atoms with Crippen LogP contribution in [0.15, 0.2) is 58.2 Å². The number of aromatic amines is 1. The summed E-state index contributed by atoms with van der Waals surface area (Å²) in [5.41, 5.74) is 4.15. The minimum Gasteiger partial charge on any atom is -0.361 e. The van der Waals surface area contributed by atoms with Crippen molar-refractivity contribution in [2.24, 2.45) is 5.10 Å². The number of benzene rings is 2. The van der Waals surface area contributed by atoms with E-state index < -0.39 is 10.8 Å². The molecule has 3 rings (SSSR count). The van der Waals surface area contributed by atoms with Crippen molar-refractivity contribution < 1.29 is 9.72 Å². The summed E-state index contributed by atoms with van der Waals surface area (Å²) >= 11 is 3.41. The number of carbonyl (C=O) groups is 1. The van der Waals surface area contributed by atoms with E-state index in [4.69, 9.17) is 0 Å². The van der Waals surface area contributed by atoms with Crippen LogP contribution >= 0.6 is 15.9 Å². The Morgan fingerprint density at radius 1 is 1.29 bits per heavy atom. The third-order valence-corrected chi connectivity index (χ3v) is 3.86. The molecule has 0 saturated heterocycles. The predicted molar refractivity (Wildman–Crippen MR) is 94.2 cm³/mol. The summed E-state index contributed by atoms with van der Waals surface area (Å²) in [6, 6.07) is 11.3. The molecule has 8 heteroatoms. The number of nitrogens with zero attached hydrogens (tertiary/aromatic N) is 2. The molecule has 0 atom stereocenters. The number of hydrogen-bond acceptors (Lipinski definition) is 4. The zero-order valence-corrected chi connectivity index (χ0v) is 13.8. The van der Waals surface area contributed by atoms with Gasteiger partial charge in [0.15, 0.2) is 0 Å². The van der Waals surface area contributed by atoms with Crippen molar-refractivity contribution in [2.75, 3.05) is 0 Å². The summed E-state index contributed by atoms with van der Waals surface area (Å²) in [5, 5.41) is 15.6. The van der Waals surface area contributed by atoms with E-state index in [2.05, 4.69) is 31.4 Å². The molecule has 2 N–H and O–H groups in total. The maximum atomic E-state index is 12.0. The molecule has 0 aliphatic heterocycles. The highest BCUT2D eigenvalue weighted by molar-refractivity contribution is 9.10. The number of nitro benzene ring substituents is 1. The van der Waals surface area contributed by atoms with Crippen molar-refractivity contribution in [1.29, 1.82) is 0 Å². The fourth-order valence-corrected chi connectivity index (χ4v) is 2.57. The first-order valence-corrected chi connectivity index (χ1v) is 7.68. The second kappa shape index (κ2) is 6.63. The summed E-state index contributed by atoms with van der Waals surface area (Å²) in [7, 11) is 0. The van der Waals surface area contributed by atoms with Gasteiger partial charge in [0.25, 0.3) is 11.6 Å². The molecule has 0 aliphatic carbocycles. The van der Waals surface area contributed by atoms with Crippen molar-refractivity contribution in [1.82, 2.24) is 10.4 Å². The number of amides is 1. The Morgan fingerprint density at radius 2 is 2.12 bits per heavy atom. The molecular formula is C16H11BrN4O3. The molecule has 0 bridgehead atoms. The van der Waals surface area contributed by atoms with Gasteiger partial charge in [-0.05, 0) is 24.3 Å². The lowest BCUT2D eigenvalue weighted by atomic mass is 10.2. The molecule has 1 amide bonds. The number of hydrogen-bond donors (Lipinski definition) is 2. The molecule has 2 aromatic carbocycles. The quantitative estimate of drug-likeness (QED) is 0.406. The Kier molecular flexibility index (Phi) is 4.39. The highest BCUT2D eigenvalue weighted by atomic mass is 79.9. The van der Waals surface area contributed by atoms with E-state index in [0.29, 0.717) is 0 Å². The number of rotatable bonds is 4. The number of aromatic nitrogens is 1.